The second kappa shape index (κ2) is 7.79. The minimum absolute atomic E-state index is 0.0132. The van der Waals surface area contributed by atoms with E-state index < -0.39 is 0 Å². The maximum Gasteiger partial charge on any atom is 0.317 e. The molecule has 0 bridgehead atoms. The predicted molar refractivity (Wildman–Crippen MR) is 106 cm³/mol. The Labute approximate surface area is 161 Å². The van der Waals surface area contributed by atoms with Crippen LogP contribution in [-0.4, -0.2) is 67.0 Å². The Bertz CT molecular complexity index is 695. The molecule has 6 nitrogen and oxygen atoms in total. The number of nitrogens with zero attached hydrogens (tertiary/aromatic N) is 3. The summed E-state index contributed by atoms with van der Waals surface area (Å²) in [4.78, 5) is 31.5. The van der Waals surface area contributed by atoms with Gasteiger partial charge in [0.25, 0.3) is 0 Å². The molecule has 3 amide bonds. The summed E-state index contributed by atoms with van der Waals surface area (Å²) in [5.74, 6) is 0.178. The third kappa shape index (κ3) is 4.37. The molecule has 1 aromatic rings. The van der Waals surface area contributed by atoms with E-state index in [9.17, 15) is 9.59 Å². The number of piperidine rings is 1. The predicted octanol–water partition coefficient (Wildman–Crippen LogP) is 2.23. The quantitative estimate of drug-likeness (QED) is 0.888. The SMILES string of the molecule is Cc1cccc(N2CCN(C(=O)C3CCCN(C(=O)NC4CC4)C3)CC2)c1. The van der Waals surface area contributed by atoms with E-state index in [2.05, 4.69) is 41.4 Å². The molecule has 27 heavy (non-hydrogen) atoms. The maximum atomic E-state index is 13.0. The first-order valence-electron chi connectivity index (χ1n) is 10.3. The summed E-state index contributed by atoms with van der Waals surface area (Å²) in [6, 6.07) is 8.92. The molecule has 2 saturated heterocycles. The lowest BCUT2D eigenvalue weighted by atomic mass is 9.96. The van der Waals surface area contributed by atoms with E-state index in [0.29, 0.717) is 12.6 Å². The van der Waals surface area contributed by atoms with Gasteiger partial charge >= 0.3 is 6.03 Å². The van der Waals surface area contributed by atoms with Crippen LogP contribution in [0.3, 0.4) is 0 Å². The van der Waals surface area contributed by atoms with Crippen LogP contribution >= 0.6 is 0 Å². The highest BCUT2D eigenvalue weighted by molar-refractivity contribution is 5.81. The fourth-order valence-electron chi connectivity index (χ4n) is 4.12. The number of rotatable bonds is 3. The number of anilines is 1. The molecule has 2 aliphatic heterocycles. The zero-order valence-corrected chi connectivity index (χ0v) is 16.2. The molecule has 1 aliphatic carbocycles. The van der Waals surface area contributed by atoms with E-state index in [1.165, 1.54) is 11.3 Å². The highest BCUT2D eigenvalue weighted by Gasteiger charge is 2.34. The molecule has 3 aliphatic rings. The van der Waals surface area contributed by atoms with Gasteiger partial charge in [0, 0.05) is 51.0 Å². The molecule has 3 fully saturated rings. The van der Waals surface area contributed by atoms with Crippen LogP contribution in [0.15, 0.2) is 24.3 Å². The van der Waals surface area contributed by atoms with Crippen LogP contribution in [0.25, 0.3) is 0 Å². The van der Waals surface area contributed by atoms with Crippen LogP contribution in [0.4, 0.5) is 10.5 Å². The van der Waals surface area contributed by atoms with Gasteiger partial charge in [0.15, 0.2) is 0 Å². The first-order chi connectivity index (χ1) is 13.1. The molecule has 0 aromatic heterocycles. The van der Waals surface area contributed by atoms with Crippen LogP contribution < -0.4 is 10.2 Å². The number of hydrogen-bond donors (Lipinski definition) is 1. The first kappa shape index (κ1) is 18.1. The third-order valence-corrected chi connectivity index (χ3v) is 5.92. The number of hydrogen-bond acceptors (Lipinski definition) is 3. The van der Waals surface area contributed by atoms with E-state index in [1.807, 2.05) is 9.80 Å². The zero-order valence-electron chi connectivity index (χ0n) is 16.2. The molecule has 146 valence electrons. The number of carbonyl (C=O) groups is 2. The van der Waals surface area contributed by atoms with Gasteiger partial charge in [0.05, 0.1) is 5.92 Å². The van der Waals surface area contributed by atoms with Crippen molar-refractivity contribution in [2.24, 2.45) is 5.92 Å². The number of likely N-dealkylation sites (tertiary alicyclic amines) is 1. The van der Waals surface area contributed by atoms with Gasteiger partial charge in [-0.05, 0) is 50.3 Å². The summed E-state index contributed by atoms with van der Waals surface area (Å²) in [7, 11) is 0. The number of nitrogens with one attached hydrogen (secondary N) is 1. The topological polar surface area (TPSA) is 55.9 Å². The van der Waals surface area contributed by atoms with Crippen molar-refractivity contribution in [2.45, 2.75) is 38.6 Å². The Morgan fingerprint density at radius 3 is 2.48 bits per heavy atom. The zero-order chi connectivity index (χ0) is 18.8. The van der Waals surface area contributed by atoms with Crippen LogP contribution in [0.5, 0.6) is 0 Å². The van der Waals surface area contributed by atoms with Gasteiger partial charge in [-0.15, -0.1) is 0 Å². The molecule has 1 unspecified atom stereocenters. The van der Waals surface area contributed by atoms with Crippen molar-refractivity contribution >= 4 is 17.6 Å². The van der Waals surface area contributed by atoms with Crippen molar-refractivity contribution in [3.63, 3.8) is 0 Å². The molecule has 1 aromatic carbocycles. The molecular formula is C21H30N4O2. The van der Waals surface area contributed by atoms with Gasteiger partial charge in [-0.3, -0.25) is 4.79 Å². The third-order valence-electron chi connectivity index (χ3n) is 5.92. The van der Waals surface area contributed by atoms with Crippen LogP contribution in [-0.2, 0) is 4.79 Å². The van der Waals surface area contributed by atoms with Crippen molar-refractivity contribution < 1.29 is 9.59 Å². The molecule has 0 spiro atoms. The maximum absolute atomic E-state index is 13.0. The van der Waals surface area contributed by atoms with Gasteiger partial charge in [0.1, 0.15) is 0 Å². The summed E-state index contributed by atoms with van der Waals surface area (Å²) in [6.07, 6.45) is 3.99. The second-order valence-corrected chi connectivity index (χ2v) is 8.16. The van der Waals surface area contributed by atoms with Crippen LogP contribution in [0, 0.1) is 12.8 Å². The first-order valence-corrected chi connectivity index (χ1v) is 10.3. The Morgan fingerprint density at radius 2 is 1.78 bits per heavy atom. The smallest absolute Gasteiger partial charge is 0.317 e. The van der Waals surface area contributed by atoms with Crippen LogP contribution in [0.2, 0.25) is 0 Å². The summed E-state index contributed by atoms with van der Waals surface area (Å²) in [5.41, 5.74) is 2.50. The Kier molecular flexibility index (Phi) is 5.23. The van der Waals surface area contributed by atoms with E-state index >= 15 is 0 Å². The fourth-order valence-corrected chi connectivity index (χ4v) is 4.12. The number of piperazine rings is 1. The number of aryl methyl sites for hydroxylation is 1. The normalized spacial score (nSPS) is 23.3. The number of urea groups is 1. The summed E-state index contributed by atoms with van der Waals surface area (Å²) < 4.78 is 0. The van der Waals surface area contributed by atoms with Gasteiger partial charge in [-0.25, -0.2) is 4.79 Å². The number of amides is 3. The van der Waals surface area contributed by atoms with Crippen molar-refractivity contribution in [3.05, 3.63) is 29.8 Å². The minimum Gasteiger partial charge on any atom is -0.368 e. The monoisotopic (exact) mass is 370 g/mol. The lowest BCUT2D eigenvalue weighted by Crippen LogP contribution is -2.54. The number of benzene rings is 1. The van der Waals surface area contributed by atoms with E-state index in [0.717, 1.165) is 58.4 Å². The number of carbonyl (C=O) groups excluding carboxylic acids is 2. The minimum atomic E-state index is -0.0470. The Morgan fingerprint density at radius 1 is 1.00 bits per heavy atom. The van der Waals surface area contributed by atoms with Crippen molar-refractivity contribution in [1.29, 1.82) is 0 Å². The molecule has 1 saturated carbocycles. The van der Waals surface area contributed by atoms with Gasteiger partial charge < -0.3 is 20.0 Å². The molecule has 1 atom stereocenters. The lowest BCUT2D eigenvalue weighted by molar-refractivity contribution is -0.137. The van der Waals surface area contributed by atoms with Crippen LogP contribution in [0.1, 0.15) is 31.2 Å². The molecule has 1 N–H and O–H groups in total. The van der Waals surface area contributed by atoms with Crippen molar-refractivity contribution in [2.75, 3.05) is 44.2 Å². The van der Waals surface area contributed by atoms with Gasteiger partial charge in [-0.2, -0.15) is 0 Å². The average molecular weight is 370 g/mol. The molecular weight excluding hydrogens is 340 g/mol. The highest BCUT2D eigenvalue weighted by atomic mass is 16.2. The Balaban J connectivity index is 1.30. The fraction of sp³-hybridized carbons (Fsp3) is 0.619. The molecule has 0 radical (unpaired) electrons. The van der Waals surface area contributed by atoms with E-state index in [-0.39, 0.29) is 17.9 Å². The average Bonchev–Trinajstić information content (AvgIpc) is 3.51. The summed E-state index contributed by atoms with van der Waals surface area (Å²) in [6.45, 7) is 6.70. The van der Waals surface area contributed by atoms with Crippen molar-refractivity contribution in [3.8, 4) is 0 Å². The summed E-state index contributed by atoms with van der Waals surface area (Å²) >= 11 is 0. The standard InChI is InChI=1S/C21H30N4O2/c1-16-4-2-6-19(14-16)23-10-12-24(13-11-23)20(26)17-5-3-9-25(15-17)21(27)22-18-7-8-18/h2,4,6,14,17-18H,3,5,7-13,15H2,1H3,(H,22,27). The largest absolute Gasteiger partial charge is 0.368 e. The highest BCUT2D eigenvalue weighted by Crippen LogP contribution is 2.23. The van der Waals surface area contributed by atoms with E-state index in [1.54, 1.807) is 0 Å². The molecule has 4 rings (SSSR count). The van der Waals surface area contributed by atoms with E-state index in [4.69, 9.17) is 0 Å². The summed E-state index contributed by atoms with van der Waals surface area (Å²) in [5, 5.41) is 3.05. The van der Waals surface area contributed by atoms with Gasteiger partial charge in [0.2, 0.25) is 5.91 Å². The molecule has 6 heteroatoms. The van der Waals surface area contributed by atoms with Crippen molar-refractivity contribution in [1.82, 2.24) is 15.1 Å². The lowest BCUT2D eigenvalue weighted by Gasteiger charge is -2.39. The Hall–Kier alpha value is -2.24. The van der Waals surface area contributed by atoms with Gasteiger partial charge in [-0.1, -0.05) is 12.1 Å². The second-order valence-electron chi connectivity index (χ2n) is 8.16. The molecule has 2 heterocycles.